The lowest BCUT2D eigenvalue weighted by molar-refractivity contribution is -0.125. The third kappa shape index (κ3) is 4.83. The molecule has 7 atom stereocenters. The molecule has 3 heterocycles. The highest BCUT2D eigenvalue weighted by atomic mass is 16.5. The van der Waals surface area contributed by atoms with E-state index in [0.717, 1.165) is 74.3 Å². The SMILES string of the molecule is CCC1CN2CCC3CC(OC)C(OC)CC3C2CC1CC1=NCCC2=C1CC(OC)=C(OC)C2. The van der Waals surface area contributed by atoms with E-state index in [1.165, 1.54) is 49.2 Å². The van der Waals surface area contributed by atoms with Gasteiger partial charge in [-0.15, -0.1) is 0 Å². The lowest BCUT2D eigenvalue weighted by Crippen LogP contribution is -2.59. The summed E-state index contributed by atoms with van der Waals surface area (Å²) in [6.45, 7) is 5.81. The van der Waals surface area contributed by atoms with Crippen LogP contribution in [0.15, 0.2) is 27.7 Å². The van der Waals surface area contributed by atoms with E-state index in [4.69, 9.17) is 23.9 Å². The molecular formula is C29H46N2O4. The Labute approximate surface area is 212 Å². The number of dihydropyridines is 1. The van der Waals surface area contributed by atoms with E-state index in [-0.39, 0.29) is 12.2 Å². The van der Waals surface area contributed by atoms with Crippen molar-refractivity contribution in [2.24, 2.45) is 28.7 Å². The summed E-state index contributed by atoms with van der Waals surface area (Å²) in [4.78, 5) is 7.96. The van der Waals surface area contributed by atoms with Crippen molar-refractivity contribution in [1.82, 2.24) is 4.90 Å². The summed E-state index contributed by atoms with van der Waals surface area (Å²) in [5.41, 5.74) is 4.34. The molecule has 6 nitrogen and oxygen atoms in total. The summed E-state index contributed by atoms with van der Waals surface area (Å²) in [5, 5.41) is 0. The van der Waals surface area contributed by atoms with Crippen LogP contribution in [0.2, 0.25) is 0 Å². The highest BCUT2D eigenvalue weighted by Crippen LogP contribution is 2.48. The van der Waals surface area contributed by atoms with Crippen molar-refractivity contribution in [2.75, 3.05) is 48.1 Å². The Morgan fingerprint density at radius 1 is 0.914 bits per heavy atom. The lowest BCUT2D eigenvalue weighted by Gasteiger charge is -2.55. The maximum atomic E-state index is 5.92. The molecule has 5 rings (SSSR count). The molecular weight excluding hydrogens is 440 g/mol. The molecule has 6 heteroatoms. The number of ether oxygens (including phenoxy) is 4. The molecule has 0 N–H and O–H groups in total. The Bertz CT molecular complexity index is 865. The van der Waals surface area contributed by atoms with E-state index >= 15 is 0 Å². The first-order valence-electron chi connectivity index (χ1n) is 13.9. The maximum Gasteiger partial charge on any atom is 0.138 e. The molecule has 0 aromatic carbocycles. The second-order valence-electron chi connectivity index (χ2n) is 11.4. The number of fused-ring (bicyclic) bond motifs is 3. The molecule has 35 heavy (non-hydrogen) atoms. The highest BCUT2D eigenvalue weighted by Gasteiger charge is 2.48. The molecule has 2 aliphatic carbocycles. The van der Waals surface area contributed by atoms with Crippen LogP contribution in [0.3, 0.4) is 0 Å². The van der Waals surface area contributed by atoms with Gasteiger partial charge >= 0.3 is 0 Å². The molecule has 3 aliphatic heterocycles. The molecule has 0 spiro atoms. The zero-order valence-corrected chi connectivity index (χ0v) is 22.6. The molecule has 3 fully saturated rings. The third-order valence-corrected chi connectivity index (χ3v) is 10.1. The van der Waals surface area contributed by atoms with Gasteiger partial charge in [-0.1, -0.05) is 18.9 Å². The second-order valence-corrected chi connectivity index (χ2v) is 11.4. The van der Waals surface area contributed by atoms with Gasteiger partial charge < -0.3 is 18.9 Å². The minimum absolute atomic E-state index is 0.232. The summed E-state index contributed by atoms with van der Waals surface area (Å²) < 4.78 is 23.1. The number of methoxy groups -OCH3 is 4. The van der Waals surface area contributed by atoms with Crippen LogP contribution in [0.5, 0.6) is 0 Å². The normalized spacial score (nSPS) is 37.9. The number of allylic oxidation sites excluding steroid dienone is 2. The zero-order chi connectivity index (χ0) is 24.5. The summed E-state index contributed by atoms with van der Waals surface area (Å²) in [5.74, 6) is 4.93. The van der Waals surface area contributed by atoms with Crippen molar-refractivity contribution in [3.63, 3.8) is 0 Å². The standard InChI is InChI=1S/C29H46N2O4/c1-6-18-17-31-10-8-20-14-27(33-3)29(35-5)16-23(20)25(31)12-21(18)11-24-22-15-28(34-4)26(32-2)13-19(22)7-9-30-24/h18,20-21,23,25,27,29H,6-17H2,1-5H3. The minimum atomic E-state index is 0.232. The van der Waals surface area contributed by atoms with E-state index in [0.29, 0.717) is 12.0 Å². The smallest absolute Gasteiger partial charge is 0.138 e. The number of hydrogen-bond acceptors (Lipinski definition) is 6. The molecule has 7 unspecified atom stereocenters. The van der Waals surface area contributed by atoms with Crippen molar-refractivity contribution in [1.29, 1.82) is 0 Å². The Hall–Kier alpha value is -1.37. The third-order valence-electron chi connectivity index (χ3n) is 10.1. The van der Waals surface area contributed by atoms with Crippen LogP contribution < -0.4 is 0 Å². The van der Waals surface area contributed by atoms with Crippen LogP contribution in [0.25, 0.3) is 0 Å². The molecule has 2 saturated heterocycles. The number of piperidine rings is 2. The Balaban J connectivity index is 1.33. The van der Waals surface area contributed by atoms with Crippen LogP contribution in [0, 0.1) is 23.7 Å². The van der Waals surface area contributed by atoms with Gasteiger partial charge in [-0.2, -0.15) is 0 Å². The molecule has 0 bridgehead atoms. The molecule has 0 amide bonds. The summed E-state index contributed by atoms with van der Waals surface area (Å²) >= 11 is 0. The van der Waals surface area contributed by atoms with Crippen LogP contribution >= 0.6 is 0 Å². The summed E-state index contributed by atoms with van der Waals surface area (Å²) in [6.07, 6.45) is 10.5. The largest absolute Gasteiger partial charge is 0.497 e. The fraction of sp³-hybridized carbons (Fsp3) is 0.828. The molecule has 1 saturated carbocycles. The first kappa shape index (κ1) is 25.3. The van der Waals surface area contributed by atoms with Gasteiger partial charge in [-0.3, -0.25) is 9.89 Å². The average molecular weight is 487 g/mol. The van der Waals surface area contributed by atoms with Crippen LogP contribution in [-0.4, -0.2) is 76.9 Å². The van der Waals surface area contributed by atoms with Crippen molar-refractivity contribution in [3.05, 3.63) is 22.7 Å². The highest BCUT2D eigenvalue weighted by molar-refractivity contribution is 6.02. The Morgan fingerprint density at radius 3 is 2.37 bits per heavy atom. The van der Waals surface area contributed by atoms with E-state index in [2.05, 4.69) is 11.8 Å². The lowest BCUT2D eigenvalue weighted by atomic mass is 9.64. The maximum absolute atomic E-state index is 5.92. The van der Waals surface area contributed by atoms with E-state index < -0.39 is 0 Å². The van der Waals surface area contributed by atoms with Gasteiger partial charge in [0.15, 0.2) is 0 Å². The van der Waals surface area contributed by atoms with E-state index in [9.17, 15) is 0 Å². The molecule has 196 valence electrons. The molecule has 0 aromatic rings. The van der Waals surface area contributed by atoms with Crippen LogP contribution in [0.4, 0.5) is 0 Å². The van der Waals surface area contributed by atoms with Gasteiger partial charge in [0.25, 0.3) is 0 Å². The van der Waals surface area contributed by atoms with E-state index in [1.54, 1.807) is 14.2 Å². The minimum Gasteiger partial charge on any atom is -0.497 e. The van der Waals surface area contributed by atoms with Crippen molar-refractivity contribution >= 4 is 5.71 Å². The van der Waals surface area contributed by atoms with Crippen LogP contribution in [0.1, 0.15) is 64.7 Å². The predicted octanol–water partition coefficient (Wildman–Crippen LogP) is 4.99. The first-order chi connectivity index (χ1) is 17.1. The summed E-state index contributed by atoms with van der Waals surface area (Å²) in [6, 6.07) is 0.676. The molecule has 0 radical (unpaired) electrons. The predicted molar refractivity (Wildman–Crippen MR) is 139 cm³/mol. The van der Waals surface area contributed by atoms with Gasteiger partial charge in [-0.25, -0.2) is 0 Å². The monoisotopic (exact) mass is 486 g/mol. The fourth-order valence-electron chi connectivity index (χ4n) is 8.08. The van der Waals surface area contributed by atoms with Gasteiger partial charge in [-0.05, 0) is 74.3 Å². The van der Waals surface area contributed by atoms with Crippen LogP contribution in [-0.2, 0) is 18.9 Å². The van der Waals surface area contributed by atoms with Crippen molar-refractivity contribution in [2.45, 2.75) is 83.0 Å². The fourth-order valence-corrected chi connectivity index (χ4v) is 8.08. The average Bonchev–Trinajstić information content (AvgIpc) is 2.91. The Kier molecular flexibility index (Phi) is 7.90. The summed E-state index contributed by atoms with van der Waals surface area (Å²) in [7, 11) is 7.26. The van der Waals surface area contributed by atoms with Gasteiger partial charge in [0, 0.05) is 51.9 Å². The van der Waals surface area contributed by atoms with Crippen molar-refractivity contribution < 1.29 is 18.9 Å². The van der Waals surface area contributed by atoms with Gasteiger partial charge in [0.1, 0.15) is 11.5 Å². The molecule has 0 aromatic heterocycles. The zero-order valence-electron chi connectivity index (χ0n) is 22.6. The second kappa shape index (κ2) is 10.9. The number of hydrogen-bond donors (Lipinski definition) is 0. The van der Waals surface area contributed by atoms with E-state index in [1.807, 2.05) is 14.2 Å². The first-order valence-corrected chi connectivity index (χ1v) is 13.9. The number of aliphatic imine (C=N–C) groups is 1. The van der Waals surface area contributed by atoms with Crippen molar-refractivity contribution in [3.8, 4) is 0 Å². The molecule has 5 aliphatic rings. The van der Waals surface area contributed by atoms with Gasteiger partial charge in [0.05, 0.1) is 26.4 Å². The number of nitrogens with zero attached hydrogens (tertiary/aromatic N) is 2. The topological polar surface area (TPSA) is 52.5 Å². The number of rotatable bonds is 7. The Morgan fingerprint density at radius 2 is 1.66 bits per heavy atom. The van der Waals surface area contributed by atoms with Gasteiger partial charge in [0.2, 0.25) is 0 Å². The quantitative estimate of drug-likeness (QED) is 0.507.